The minimum absolute atomic E-state index is 0.101. The van der Waals surface area contributed by atoms with Gasteiger partial charge >= 0.3 is 0 Å². The fourth-order valence-corrected chi connectivity index (χ4v) is 5.21. The number of aryl methyl sites for hydroxylation is 1. The first-order valence-corrected chi connectivity index (χ1v) is 14.3. The number of halogens is 1. The Morgan fingerprint density at radius 3 is 2.16 bits per heavy atom. The summed E-state index contributed by atoms with van der Waals surface area (Å²) in [5.41, 5.74) is 2.59. The van der Waals surface area contributed by atoms with Crippen molar-refractivity contribution in [3.8, 4) is 0 Å². The van der Waals surface area contributed by atoms with Gasteiger partial charge in [0.15, 0.2) is 0 Å². The topological polar surface area (TPSA) is 86.8 Å². The molecule has 0 aromatic heterocycles. The molecule has 202 valence electrons. The lowest BCUT2D eigenvalue weighted by Gasteiger charge is -2.32. The maximum absolute atomic E-state index is 13.8. The summed E-state index contributed by atoms with van der Waals surface area (Å²) in [6.45, 7) is 3.99. The third-order valence-electron chi connectivity index (χ3n) is 6.17. The molecule has 7 nitrogen and oxygen atoms in total. The fraction of sp³-hybridized carbons (Fsp3) is 0.310. The van der Waals surface area contributed by atoms with Crippen molar-refractivity contribution in [1.29, 1.82) is 0 Å². The number of likely N-dealkylation sites (N-methyl/N-ethyl adjacent to an activating group) is 1. The number of nitrogens with one attached hydrogen (secondary N) is 1. The number of carbonyl (C=O) groups is 2. The summed E-state index contributed by atoms with van der Waals surface area (Å²) in [4.78, 5) is 28.7. The summed E-state index contributed by atoms with van der Waals surface area (Å²) in [5, 5.41) is 3.46. The number of hydrogen-bond donors (Lipinski definition) is 1. The fourth-order valence-electron chi connectivity index (χ4n) is 3.96. The highest BCUT2D eigenvalue weighted by Crippen LogP contribution is 2.19. The van der Waals surface area contributed by atoms with Gasteiger partial charge in [-0.25, -0.2) is 8.42 Å². The maximum Gasteiger partial charge on any atom is 0.243 e. The Morgan fingerprint density at radius 1 is 0.921 bits per heavy atom. The van der Waals surface area contributed by atoms with Crippen molar-refractivity contribution in [3.63, 3.8) is 0 Å². The van der Waals surface area contributed by atoms with E-state index in [2.05, 4.69) is 5.32 Å². The molecule has 2 amide bonds. The van der Waals surface area contributed by atoms with E-state index in [9.17, 15) is 18.0 Å². The smallest absolute Gasteiger partial charge is 0.243 e. The Balaban J connectivity index is 1.95. The molecule has 0 spiro atoms. The molecular weight excluding hydrogens is 522 g/mol. The summed E-state index contributed by atoms with van der Waals surface area (Å²) in [6, 6.07) is 22.1. The molecule has 0 heterocycles. The van der Waals surface area contributed by atoms with E-state index in [0.29, 0.717) is 11.6 Å². The number of benzene rings is 3. The van der Waals surface area contributed by atoms with E-state index in [1.54, 1.807) is 36.4 Å². The molecule has 3 aromatic carbocycles. The molecular formula is C29H34ClN3O4S. The molecule has 3 aromatic rings. The van der Waals surface area contributed by atoms with Crippen LogP contribution in [0, 0.1) is 6.92 Å². The second-order valence-electron chi connectivity index (χ2n) is 9.22. The van der Waals surface area contributed by atoms with Crippen molar-refractivity contribution in [2.45, 2.75) is 44.2 Å². The second-order valence-corrected chi connectivity index (χ2v) is 11.7. The van der Waals surface area contributed by atoms with Gasteiger partial charge in [0.2, 0.25) is 21.8 Å². The standard InChI is InChI=1S/C29H34ClN3O4S/c1-4-18-31-29(35)27(19-23-8-6-5-7-9-23)33(20-24-12-14-25(30)15-13-24)28(34)21-32(3)38(36,37)26-16-10-22(2)11-17-26/h5-17,27H,4,18-21H2,1-3H3,(H,31,35). The predicted octanol–water partition coefficient (Wildman–Crippen LogP) is 4.44. The van der Waals surface area contributed by atoms with E-state index in [1.165, 1.54) is 24.1 Å². The lowest BCUT2D eigenvalue weighted by atomic mass is 10.0. The number of sulfonamides is 1. The van der Waals surface area contributed by atoms with Crippen molar-refractivity contribution in [3.05, 3.63) is 101 Å². The molecule has 3 rings (SSSR count). The Kier molecular flexibility index (Phi) is 10.5. The molecule has 0 aliphatic carbocycles. The normalized spacial score (nSPS) is 12.2. The largest absolute Gasteiger partial charge is 0.354 e. The zero-order chi connectivity index (χ0) is 27.7. The zero-order valence-corrected chi connectivity index (χ0v) is 23.5. The Labute approximate surface area is 230 Å². The molecule has 1 N–H and O–H groups in total. The van der Waals surface area contributed by atoms with Crippen molar-refractivity contribution in [1.82, 2.24) is 14.5 Å². The first-order valence-electron chi connectivity index (χ1n) is 12.5. The summed E-state index contributed by atoms with van der Waals surface area (Å²) in [7, 11) is -2.54. The number of nitrogens with zero attached hydrogens (tertiary/aromatic N) is 2. The molecule has 38 heavy (non-hydrogen) atoms. The Morgan fingerprint density at radius 2 is 1.55 bits per heavy atom. The molecule has 0 saturated heterocycles. The van der Waals surface area contributed by atoms with Gasteiger partial charge in [-0.3, -0.25) is 9.59 Å². The number of carbonyl (C=O) groups excluding carboxylic acids is 2. The molecule has 0 fully saturated rings. The van der Waals surface area contributed by atoms with E-state index < -0.39 is 28.5 Å². The van der Waals surface area contributed by atoms with Crippen LogP contribution in [-0.2, 0) is 32.6 Å². The van der Waals surface area contributed by atoms with Crippen molar-refractivity contribution in [2.24, 2.45) is 0 Å². The van der Waals surface area contributed by atoms with Gasteiger partial charge in [0.1, 0.15) is 6.04 Å². The van der Waals surface area contributed by atoms with E-state index in [0.717, 1.165) is 27.4 Å². The van der Waals surface area contributed by atoms with Crippen LogP contribution in [0.5, 0.6) is 0 Å². The van der Waals surface area contributed by atoms with Gasteiger partial charge in [-0.15, -0.1) is 0 Å². The van der Waals surface area contributed by atoms with Gasteiger partial charge < -0.3 is 10.2 Å². The summed E-state index contributed by atoms with van der Waals surface area (Å²) in [6.07, 6.45) is 1.02. The quantitative estimate of drug-likeness (QED) is 0.358. The first kappa shape index (κ1) is 29.4. The van der Waals surface area contributed by atoms with Crippen molar-refractivity contribution in [2.75, 3.05) is 20.1 Å². The monoisotopic (exact) mass is 555 g/mol. The molecule has 1 unspecified atom stereocenters. The molecule has 0 bridgehead atoms. The van der Waals surface area contributed by atoms with Gasteiger partial charge in [0, 0.05) is 31.6 Å². The minimum atomic E-state index is -3.91. The lowest BCUT2D eigenvalue weighted by Crippen LogP contribution is -2.53. The van der Waals surface area contributed by atoms with Crippen LogP contribution in [0.2, 0.25) is 5.02 Å². The Hall–Kier alpha value is -3.20. The second kappa shape index (κ2) is 13.6. The van der Waals surface area contributed by atoms with E-state index in [4.69, 9.17) is 11.6 Å². The van der Waals surface area contributed by atoms with Crippen LogP contribution in [0.1, 0.15) is 30.0 Å². The van der Waals surface area contributed by atoms with Gasteiger partial charge in [-0.2, -0.15) is 4.31 Å². The lowest BCUT2D eigenvalue weighted by molar-refractivity contribution is -0.141. The van der Waals surface area contributed by atoms with Gasteiger partial charge in [0.25, 0.3) is 0 Å². The maximum atomic E-state index is 13.8. The van der Waals surface area contributed by atoms with Gasteiger partial charge in [0.05, 0.1) is 11.4 Å². The van der Waals surface area contributed by atoms with Crippen LogP contribution in [0.3, 0.4) is 0 Å². The summed E-state index contributed by atoms with van der Waals surface area (Å²) < 4.78 is 27.4. The average molecular weight is 556 g/mol. The van der Waals surface area contributed by atoms with Crippen LogP contribution >= 0.6 is 11.6 Å². The SMILES string of the molecule is CCCNC(=O)C(Cc1ccccc1)N(Cc1ccc(Cl)cc1)C(=O)CN(C)S(=O)(=O)c1ccc(C)cc1. The highest BCUT2D eigenvalue weighted by atomic mass is 35.5. The summed E-state index contributed by atoms with van der Waals surface area (Å²) >= 11 is 6.06. The predicted molar refractivity (Wildman–Crippen MR) is 150 cm³/mol. The van der Waals surface area contributed by atoms with Gasteiger partial charge in [-0.1, -0.05) is 78.7 Å². The third kappa shape index (κ3) is 7.90. The van der Waals surface area contributed by atoms with Crippen LogP contribution in [0.4, 0.5) is 0 Å². The van der Waals surface area contributed by atoms with E-state index in [1.807, 2.05) is 44.2 Å². The molecule has 9 heteroatoms. The van der Waals surface area contributed by atoms with Crippen LogP contribution in [-0.4, -0.2) is 55.6 Å². The average Bonchev–Trinajstić information content (AvgIpc) is 2.91. The third-order valence-corrected chi connectivity index (χ3v) is 8.24. The number of hydrogen-bond acceptors (Lipinski definition) is 4. The van der Waals surface area contributed by atoms with Crippen LogP contribution in [0.15, 0.2) is 83.8 Å². The van der Waals surface area contributed by atoms with Gasteiger partial charge in [-0.05, 0) is 48.7 Å². The van der Waals surface area contributed by atoms with Crippen molar-refractivity contribution < 1.29 is 18.0 Å². The molecule has 0 aliphatic rings. The van der Waals surface area contributed by atoms with E-state index >= 15 is 0 Å². The molecule has 0 saturated carbocycles. The number of amides is 2. The van der Waals surface area contributed by atoms with E-state index in [-0.39, 0.29) is 23.8 Å². The van der Waals surface area contributed by atoms with Crippen molar-refractivity contribution >= 4 is 33.4 Å². The highest BCUT2D eigenvalue weighted by molar-refractivity contribution is 7.89. The molecule has 0 aliphatic heterocycles. The minimum Gasteiger partial charge on any atom is -0.354 e. The summed E-state index contributed by atoms with van der Waals surface area (Å²) in [5.74, 6) is -0.771. The van der Waals surface area contributed by atoms with Crippen LogP contribution < -0.4 is 5.32 Å². The zero-order valence-electron chi connectivity index (χ0n) is 21.9. The number of rotatable bonds is 12. The molecule has 0 radical (unpaired) electrons. The van der Waals surface area contributed by atoms with Crippen LogP contribution in [0.25, 0.3) is 0 Å². The molecule has 1 atom stereocenters. The highest BCUT2D eigenvalue weighted by Gasteiger charge is 2.32. The first-order chi connectivity index (χ1) is 18.1. The Bertz CT molecular complexity index is 1310.